The summed E-state index contributed by atoms with van der Waals surface area (Å²) in [5, 5.41) is 29.8. The van der Waals surface area contributed by atoms with Crippen molar-refractivity contribution < 1.29 is 58.1 Å². The van der Waals surface area contributed by atoms with E-state index in [-0.39, 0.29) is 16.7 Å². The summed E-state index contributed by atoms with van der Waals surface area (Å²) in [5.41, 5.74) is 0.697. The van der Waals surface area contributed by atoms with Crippen molar-refractivity contribution in [2.24, 2.45) is 0 Å². The highest BCUT2D eigenvalue weighted by Crippen LogP contribution is 2.31. The molecule has 0 bridgehead atoms. The molecule has 0 aliphatic carbocycles. The highest BCUT2D eigenvalue weighted by Gasteiger charge is 2.52. The molecule has 2 aliphatic rings. The van der Waals surface area contributed by atoms with E-state index in [0.29, 0.717) is 0 Å². The van der Waals surface area contributed by atoms with Gasteiger partial charge in [-0.2, -0.15) is 0 Å². The van der Waals surface area contributed by atoms with E-state index in [9.17, 15) is 29.7 Å². The highest BCUT2D eigenvalue weighted by molar-refractivity contribution is 5.91. The van der Waals surface area contributed by atoms with Crippen LogP contribution < -0.4 is 0 Å². The Labute approximate surface area is 246 Å². The zero-order valence-electron chi connectivity index (χ0n) is 22.7. The van der Waals surface area contributed by atoms with Crippen LogP contribution in [0.1, 0.15) is 31.1 Å². The Kier molecular flexibility index (Phi) is 9.77. The molecule has 2 aliphatic heterocycles. The minimum atomic E-state index is -1.63. The second-order valence-corrected chi connectivity index (χ2v) is 9.86. The Hall–Kier alpha value is -4.17. The SMILES string of the molecule is O=C(OC[C@H]1O[C@H](OC[C@H]2O[C@H](O)[C@@H](O)[C@@H]2O)[C@@H](OC(=O)c2ccccc2)[C@@H]1OC(=O)c1ccccc1)c1ccccc1. The van der Waals surface area contributed by atoms with Gasteiger partial charge in [0.05, 0.1) is 23.3 Å². The van der Waals surface area contributed by atoms with Crippen LogP contribution in [0.3, 0.4) is 0 Å². The van der Waals surface area contributed by atoms with E-state index in [0.717, 1.165) is 0 Å². The lowest BCUT2D eigenvalue weighted by molar-refractivity contribution is -0.198. The van der Waals surface area contributed by atoms with Crippen molar-refractivity contribution in [2.75, 3.05) is 13.2 Å². The molecule has 3 aromatic rings. The molecule has 0 spiro atoms. The number of rotatable bonds is 10. The van der Waals surface area contributed by atoms with Crippen LogP contribution >= 0.6 is 0 Å². The Morgan fingerprint density at radius 3 is 1.56 bits per heavy atom. The molecule has 3 N–H and O–H groups in total. The number of esters is 3. The van der Waals surface area contributed by atoms with E-state index in [1.807, 2.05) is 0 Å². The minimum Gasteiger partial charge on any atom is -0.459 e. The van der Waals surface area contributed by atoms with E-state index in [2.05, 4.69) is 0 Å². The fraction of sp³-hybridized carbons (Fsp3) is 0.323. The molecule has 2 heterocycles. The summed E-state index contributed by atoms with van der Waals surface area (Å²) in [7, 11) is 0. The number of aliphatic hydroxyl groups is 3. The Morgan fingerprint density at radius 2 is 1.07 bits per heavy atom. The van der Waals surface area contributed by atoms with Crippen LogP contribution in [0.2, 0.25) is 0 Å². The number of hydrogen-bond donors (Lipinski definition) is 3. The van der Waals surface area contributed by atoms with Crippen LogP contribution in [-0.2, 0) is 28.4 Å². The van der Waals surface area contributed by atoms with Gasteiger partial charge < -0.3 is 43.7 Å². The molecule has 43 heavy (non-hydrogen) atoms. The van der Waals surface area contributed by atoms with Crippen LogP contribution in [0.25, 0.3) is 0 Å². The molecular formula is C31H30O12. The first-order valence-electron chi connectivity index (χ1n) is 13.5. The van der Waals surface area contributed by atoms with Crippen LogP contribution in [0.15, 0.2) is 91.0 Å². The zero-order valence-corrected chi connectivity index (χ0v) is 22.7. The van der Waals surface area contributed by atoms with Crippen molar-refractivity contribution in [3.8, 4) is 0 Å². The van der Waals surface area contributed by atoms with Gasteiger partial charge in [0.2, 0.25) is 0 Å². The summed E-state index contributed by atoms with van der Waals surface area (Å²) in [6.45, 7) is -0.811. The molecule has 0 saturated carbocycles. The first-order chi connectivity index (χ1) is 20.8. The molecule has 0 radical (unpaired) electrons. The Morgan fingerprint density at radius 1 is 0.581 bits per heavy atom. The van der Waals surface area contributed by atoms with Gasteiger partial charge in [0, 0.05) is 0 Å². The molecule has 0 unspecified atom stereocenters. The fourth-order valence-electron chi connectivity index (χ4n) is 4.63. The van der Waals surface area contributed by atoms with E-state index < -0.39 is 80.3 Å². The number of carbonyl (C=O) groups excluding carboxylic acids is 3. The molecule has 12 nitrogen and oxygen atoms in total. The maximum Gasteiger partial charge on any atom is 0.338 e. The summed E-state index contributed by atoms with van der Waals surface area (Å²) in [5.74, 6) is -2.19. The van der Waals surface area contributed by atoms with Crippen molar-refractivity contribution in [1.29, 1.82) is 0 Å². The topological polar surface area (TPSA) is 167 Å². The van der Waals surface area contributed by atoms with Crippen LogP contribution in [0.4, 0.5) is 0 Å². The summed E-state index contributed by atoms with van der Waals surface area (Å²) in [4.78, 5) is 38.9. The average molecular weight is 595 g/mol. The van der Waals surface area contributed by atoms with Crippen molar-refractivity contribution in [3.63, 3.8) is 0 Å². The molecule has 12 heteroatoms. The van der Waals surface area contributed by atoms with E-state index in [1.54, 1.807) is 66.7 Å². The third kappa shape index (κ3) is 7.25. The van der Waals surface area contributed by atoms with Gasteiger partial charge in [-0.15, -0.1) is 0 Å². The van der Waals surface area contributed by atoms with Gasteiger partial charge in [-0.1, -0.05) is 54.6 Å². The number of hydrogen-bond acceptors (Lipinski definition) is 12. The monoisotopic (exact) mass is 594 g/mol. The third-order valence-corrected chi connectivity index (χ3v) is 6.92. The molecule has 2 saturated heterocycles. The standard InChI is InChI=1S/C31H30O12/c32-23-21(40-30(37)24(23)33)16-39-31-26(43-29(36)20-14-8-3-9-15-20)25(42-28(35)19-12-6-2-7-13-19)22(41-31)17-38-27(34)18-10-4-1-5-11-18/h1-15,21-26,30-33,37H,16-17H2/t21-,22-,23-,24+,25-,26+,30+,31+/m1/s1. The first kappa shape index (κ1) is 30.3. The molecule has 226 valence electrons. The van der Waals surface area contributed by atoms with Gasteiger partial charge in [-0.3, -0.25) is 0 Å². The minimum absolute atomic E-state index is 0.203. The van der Waals surface area contributed by atoms with Crippen molar-refractivity contribution >= 4 is 17.9 Å². The lowest BCUT2D eigenvalue weighted by Crippen LogP contribution is -2.43. The van der Waals surface area contributed by atoms with E-state index in [1.165, 1.54) is 24.3 Å². The highest BCUT2D eigenvalue weighted by atomic mass is 16.7. The van der Waals surface area contributed by atoms with Gasteiger partial charge in [-0.25, -0.2) is 14.4 Å². The Balaban J connectivity index is 1.39. The smallest absolute Gasteiger partial charge is 0.338 e. The third-order valence-electron chi connectivity index (χ3n) is 6.92. The molecule has 0 amide bonds. The first-order valence-corrected chi connectivity index (χ1v) is 13.5. The largest absolute Gasteiger partial charge is 0.459 e. The molecule has 2 fully saturated rings. The predicted octanol–water partition coefficient (Wildman–Crippen LogP) is 1.48. The molecule has 0 aromatic heterocycles. The molecular weight excluding hydrogens is 564 g/mol. The second-order valence-electron chi connectivity index (χ2n) is 9.86. The van der Waals surface area contributed by atoms with Gasteiger partial charge in [0.25, 0.3) is 0 Å². The van der Waals surface area contributed by atoms with E-state index >= 15 is 0 Å². The zero-order chi connectivity index (χ0) is 30.3. The lowest BCUT2D eigenvalue weighted by Gasteiger charge is -2.25. The van der Waals surface area contributed by atoms with Gasteiger partial charge >= 0.3 is 17.9 Å². The fourth-order valence-corrected chi connectivity index (χ4v) is 4.63. The average Bonchev–Trinajstić information content (AvgIpc) is 3.49. The van der Waals surface area contributed by atoms with E-state index in [4.69, 9.17) is 28.4 Å². The number of carbonyl (C=O) groups is 3. The predicted molar refractivity (Wildman–Crippen MR) is 146 cm³/mol. The van der Waals surface area contributed by atoms with Crippen LogP contribution in [0, 0.1) is 0 Å². The summed E-state index contributed by atoms with van der Waals surface area (Å²) < 4.78 is 33.9. The quantitative estimate of drug-likeness (QED) is 0.229. The number of benzene rings is 3. The second kappa shape index (κ2) is 13.9. The molecule has 3 aromatic carbocycles. The van der Waals surface area contributed by atoms with Gasteiger partial charge in [0.1, 0.15) is 31.0 Å². The summed E-state index contributed by atoms with van der Waals surface area (Å²) in [6.07, 6.45) is -11.0. The van der Waals surface area contributed by atoms with Crippen molar-refractivity contribution in [3.05, 3.63) is 108 Å². The van der Waals surface area contributed by atoms with Crippen molar-refractivity contribution in [1.82, 2.24) is 0 Å². The van der Waals surface area contributed by atoms with Gasteiger partial charge in [-0.05, 0) is 36.4 Å². The summed E-state index contributed by atoms with van der Waals surface area (Å²) in [6, 6.07) is 24.4. The maximum absolute atomic E-state index is 13.1. The van der Waals surface area contributed by atoms with Crippen molar-refractivity contribution in [2.45, 2.75) is 49.2 Å². The molecule has 8 atom stereocenters. The van der Waals surface area contributed by atoms with Crippen LogP contribution in [0.5, 0.6) is 0 Å². The van der Waals surface area contributed by atoms with Gasteiger partial charge in [0.15, 0.2) is 24.8 Å². The number of aliphatic hydroxyl groups excluding tert-OH is 3. The number of ether oxygens (including phenoxy) is 6. The Bertz CT molecular complexity index is 1370. The van der Waals surface area contributed by atoms with Crippen LogP contribution in [-0.4, -0.2) is 95.6 Å². The lowest BCUT2D eigenvalue weighted by atomic mass is 10.1. The summed E-state index contributed by atoms with van der Waals surface area (Å²) >= 11 is 0. The molecule has 5 rings (SSSR count). The maximum atomic E-state index is 13.1. The normalized spacial score (nSPS) is 28.3.